The molecular weight excluding hydrogens is 260 g/mol. The molecule has 1 aliphatic heterocycles. The smallest absolute Gasteiger partial charge is 0.191 e. The van der Waals surface area contributed by atoms with Crippen LogP contribution in [0.2, 0.25) is 0 Å². The summed E-state index contributed by atoms with van der Waals surface area (Å²) in [5.41, 5.74) is 1.20. The van der Waals surface area contributed by atoms with Gasteiger partial charge in [0, 0.05) is 12.6 Å². The molecule has 1 N–H and O–H groups in total. The largest absolute Gasteiger partial charge is 0.492 e. The van der Waals surface area contributed by atoms with Crippen LogP contribution in [0.5, 0.6) is 5.75 Å². The summed E-state index contributed by atoms with van der Waals surface area (Å²) in [7, 11) is 3.94. The van der Waals surface area contributed by atoms with Crippen molar-refractivity contribution in [1.82, 2.24) is 20.1 Å². The van der Waals surface area contributed by atoms with E-state index in [0.29, 0.717) is 6.61 Å². The van der Waals surface area contributed by atoms with Gasteiger partial charge in [-0.25, -0.2) is 0 Å². The van der Waals surface area contributed by atoms with Gasteiger partial charge in [0.05, 0.1) is 11.3 Å². The van der Waals surface area contributed by atoms with Gasteiger partial charge < -0.3 is 14.6 Å². The summed E-state index contributed by atoms with van der Waals surface area (Å²) in [4.78, 5) is 0. The minimum atomic E-state index is 0.256. The molecule has 2 aromatic rings. The van der Waals surface area contributed by atoms with Crippen molar-refractivity contribution in [3.05, 3.63) is 36.2 Å². The second-order valence-electron chi connectivity index (χ2n) is 4.50. The zero-order valence-electron chi connectivity index (χ0n) is 10.9. The molecule has 0 aliphatic carbocycles. The number of thioether (sulfide) groups is 1. The van der Waals surface area contributed by atoms with Gasteiger partial charge in [-0.15, -0.1) is 10.2 Å². The minimum absolute atomic E-state index is 0.256. The molecular formula is C13H16N4OS. The zero-order valence-corrected chi connectivity index (χ0v) is 11.7. The van der Waals surface area contributed by atoms with Crippen LogP contribution in [0.25, 0.3) is 0 Å². The third kappa shape index (κ3) is 2.33. The number of benzene rings is 1. The molecule has 0 amide bonds. The number of para-hydroxylation sites is 1. The van der Waals surface area contributed by atoms with E-state index in [9.17, 15) is 0 Å². The Labute approximate surface area is 116 Å². The highest BCUT2D eigenvalue weighted by Gasteiger charge is 2.31. The Hall–Kier alpha value is -1.53. The van der Waals surface area contributed by atoms with Crippen LogP contribution < -0.4 is 10.1 Å². The molecule has 0 spiro atoms. The number of hydrogen-bond donors (Lipinski definition) is 1. The Morgan fingerprint density at radius 3 is 3.00 bits per heavy atom. The summed E-state index contributed by atoms with van der Waals surface area (Å²) in [6, 6.07) is 8.43. The second-order valence-corrected chi connectivity index (χ2v) is 5.70. The molecule has 1 aromatic carbocycles. The van der Waals surface area contributed by atoms with Gasteiger partial charge in [0.15, 0.2) is 5.16 Å². The highest BCUT2D eigenvalue weighted by Crippen LogP contribution is 2.38. The number of nitrogens with one attached hydrogen (secondary N) is 1. The van der Waals surface area contributed by atoms with Crippen molar-refractivity contribution >= 4 is 11.8 Å². The molecule has 0 bridgehead atoms. The first-order valence-electron chi connectivity index (χ1n) is 6.19. The topological polar surface area (TPSA) is 52.0 Å². The molecule has 0 saturated heterocycles. The molecule has 2 heterocycles. The molecule has 5 nitrogen and oxygen atoms in total. The average Bonchev–Trinajstić information content (AvgIpc) is 2.84. The number of ether oxygens (including phenoxy) is 1. The lowest BCUT2D eigenvalue weighted by Crippen LogP contribution is -2.36. The standard InChI is InChI=1S/C13H16N4OS/c1-14-12-9-5-3-4-6-10(9)18-7-11(12)19-13-16-15-8-17(13)2/h3-6,8,11-12,14H,7H2,1-2H3. The van der Waals surface area contributed by atoms with E-state index in [1.165, 1.54) is 5.56 Å². The Bertz CT molecular complexity index is 571. The molecule has 1 aliphatic rings. The van der Waals surface area contributed by atoms with Crippen molar-refractivity contribution in [3.8, 4) is 5.75 Å². The first kappa shape index (κ1) is 12.5. The van der Waals surface area contributed by atoms with Crippen LogP contribution in [0.1, 0.15) is 11.6 Å². The van der Waals surface area contributed by atoms with Gasteiger partial charge in [-0.2, -0.15) is 0 Å². The van der Waals surface area contributed by atoms with Crippen LogP contribution in [0.4, 0.5) is 0 Å². The quantitative estimate of drug-likeness (QED) is 0.923. The lowest BCUT2D eigenvalue weighted by Gasteiger charge is -2.32. The lowest BCUT2D eigenvalue weighted by atomic mass is 10.0. The maximum Gasteiger partial charge on any atom is 0.191 e. The predicted molar refractivity (Wildman–Crippen MR) is 74.4 cm³/mol. The average molecular weight is 276 g/mol. The molecule has 19 heavy (non-hydrogen) atoms. The van der Waals surface area contributed by atoms with Crippen LogP contribution in [-0.2, 0) is 7.05 Å². The van der Waals surface area contributed by atoms with Gasteiger partial charge in [-0.05, 0) is 13.1 Å². The van der Waals surface area contributed by atoms with Gasteiger partial charge in [0.25, 0.3) is 0 Å². The van der Waals surface area contributed by atoms with Crippen LogP contribution in [0.15, 0.2) is 35.7 Å². The van der Waals surface area contributed by atoms with Crippen molar-refractivity contribution < 1.29 is 4.74 Å². The van der Waals surface area contributed by atoms with E-state index in [0.717, 1.165) is 10.9 Å². The maximum atomic E-state index is 5.84. The van der Waals surface area contributed by atoms with Crippen LogP contribution in [-0.4, -0.2) is 33.7 Å². The van der Waals surface area contributed by atoms with Crippen molar-refractivity contribution in [2.24, 2.45) is 7.05 Å². The Balaban J connectivity index is 1.86. The molecule has 0 fully saturated rings. The van der Waals surface area contributed by atoms with E-state index in [1.807, 2.05) is 36.9 Å². The molecule has 3 rings (SSSR count). The molecule has 2 unspecified atom stereocenters. The normalized spacial score (nSPS) is 21.8. The van der Waals surface area contributed by atoms with Crippen molar-refractivity contribution in [3.63, 3.8) is 0 Å². The lowest BCUT2D eigenvalue weighted by molar-refractivity contribution is 0.264. The van der Waals surface area contributed by atoms with Crippen molar-refractivity contribution in [1.29, 1.82) is 0 Å². The fourth-order valence-corrected chi connectivity index (χ4v) is 3.43. The summed E-state index contributed by atoms with van der Waals surface area (Å²) in [6.07, 6.45) is 1.72. The Morgan fingerprint density at radius 1 is 1.42 bits per heavy atom. The van der Waals surface area contributed by atoms with E-state index >= 15 is 0 Å². The van der Waals surface area contributed by atoms with E-state index in [2.05, 4.69) is 21.6 Å². The fraction of sp³-hybridized carbons (Fsp3) is 0.385. The molecule has 100 valence electrons. The SMILES string of the molecule is CNC1c2ccccc2OCC1Sc1nncn1C. The monoisotopic (exact) mass is 276 g/mol. The highest BCUT2D eigenvalue weighted by molar-refractivity contribution is 7.99. The molecule has 2 atom stereocenters. The zero-order chi connectivity index (χ0) is 13.2. The van der Waals surface area contributed by atoms with Crippen LogP contribution in [0.3, 0.4) is 0 Å². The highest BCUT2D eigenvalue weighted by atomic mass is 32.2. The van der Waals surface area contributed by atoms with Gasteiger partial charge in [0.1, 0.15) is 18.7 Å². The number of rotatable bonds is 3. The summed E-state index contributed by atoms with van der Waals surface area (Å²) in [6.45, 7) is 0.667. The van der Waals surface area contributed by atoms with E-state index in [4.69, 9.17) is 4.74 Å². The number of fused-ring (bicyclic) bond motifs is 1. The first-order valence-corrected chi connectivity index (χ1v) is 7.07. The Morgan fingerprint density at radius 2 is 2.26 bits per heavy atom. The summed E-state index contributed by atoms with van der Waals surface area (Å²) < 4.78 is 7.77. The van der Waals surface area contributed by atoms with Crippen LogP contribution >= 0.6 is 11.8 Å². The molecule has 0 saturated carbocycles. The number of aryl methyl sites for hydroxylation is 1. The van der Waals surface area contributed by atoms with E-state index in [1.54, 1.807) is 18.1 Å². The van der Waals surface area contributed by atoms with Crippen molar-refractivity contribution in [2.45, 2.75) is 16.4 Å². The summed E-state index contributed by atoms with van der Waals surface area (Å²) in [5, 5.41) is 12.6. The first-order chi connectivity index (χ1) is 9.29. The fourth-order valence-electron chi connectivity index (χ4n) is 2.30. The van der Waals surface area contributed by atoms with Gasteiger partial charge in [-0.1, -0.05) is 30.0 Å². The third-order valence-electron chi connectivity index (χ3n) is 3.27. The second kappa shape index (κ2) is 5.22. The molecule has 6 heteroatoms. The minimum Gasteiger partial charge on any atom is -0.492 e. The Kier molecular flexibility index (Phi) is 3.44. The van der Waals surface area contributed by atoms with Gasteiger partial charge in [-0.3, -0.25) is 0 Å². The van der Waals surface area contributed by atoms with Gasteiger partial charge in [0.2, 0.25) is 0 Å². The number of nitrogens with zero attached hydrogens (tertiary/aromatic N) is 3. The third-order valence-corrected chi connectivity index (χ3v) is 4.56. The van der Waals surface area contributed by atoms with Gasteiger partial charge >= 0.3 is 0 Å². The van der Waals surface area contributed by atoms with E-state index < -0.39 is 0 Å². The number of aromatic nitrogens is 3. The molecule has 0 radical (unpaired) electrons. The predicted octanol–water partition coefficient (Wildman–Crippen LogP) is 1.63. The van der Waals surface area contributed by atoms with E-state index in [-0.39, 0.29) is 11.3 Å². The maximum absolute atomic E-state index is 5.84. The summed E-state index contributed by atoms with van der Waals surface area (Å²) >= 11 is 1.70. The molecule has 1 aromatic heterocycles. The number of hydrogen-bond acceptors (Lipinski definition) is 5. The van der Waals surface area contributed by atoms with Crippen molar-refractivity contribution in [2.75, 3.05) is 13.7 Å². The van der Waals surface area contributed by atoms with Crippen LogP contribution in [0, 0.1) is 0 Å². The summed E-state index contributed by atoms with van der Waals surface area (Å²) in [5.74, 6) is 0.969.